The predicted molar refractivity (Wildman–Crippen MR) is 108 cm³/mol. The van der Waals surface area contributed by atoms with E-state index in [1.165, 1.54) is 28.9 Å². The first-order valence-corrected chi connectivity index (χ1v) is 9.26. The van der Waals surface area contributed by atoms with Crippen molar-refractivity contribution < 1.29 is 9.18 Å². The highest BCUT2D eigenvalue weighted by molar-refractivity contribution is 7.99. The zero-order chi connectivity index (χ0) is 19.9. The molecule has 0 spiro atoms. The number of nitrogen functional groups attached to an aromatic ring is 1. The van der Waals surface area contributed by atoms with Gasteiger partial charge in [-0.05, 0) is 36.8 Å². The first-order chi connectivity index (χ1) is 13.5. The Bertz CT molecular complexity index is 973. The lowest BCUT2D eigenvalue weighted by molar-refractivity contribution is -0.113. The summed E-state index contributed by atoms with van der Waals surface area (Å²) in [7, 11) is 0. The molecule has 4 N–H and O–H groups in total. The van der Waals surface area contributed by atoms with E-state index in [2.05, 4.69) is 26.0 Å². The third kappa shape index (κ3) is 5.07. The standard InChI is InChI=1S/C18H18FN7OS/c1-12(13-5-3-2-4-6-13)22-23-17-24-25-18(26(17)20)28-11-16(27)21-15-9-7-14(19)8-10-15/h2-10H,11,20H2,1H3,(H,21,27)(H,23,24)/b22-12+. The SMILES string of the molecule is C/C(=N\Nc1nnc(SCC(=O)Nc2ccc(F)cc2)n1N)c1ccccc1. The number of carbonyl (C=O) groups excluding carboxylic acids is 1. The topological polar surface area (TPSA) is 110 Å². The smallest absolute Gasteiger partial charge is 0.264 e. The van der Waals surface area contributed by atoms with Gasteiger partial charge in [0.25, 0.3) is 5.95 Å². The van der Waals surface area contributed by atoms with Crippen molar-refractivity contribution in [2.24, 2.45) is 5.10 Å². The van der Waals surface area contributed by atoms with E-state index in [1.54, 1.807) is 0 Å². The number of nitrogens with one attached hydrogen (secondary N) is 2. The maximum Gasteiger partial charge on any atom is 0.264 e. The molecular weight excluding hydrogens is 381 g/mol. The Morgan fingerprint density at radius 2 is 1.89 bits per heavy atom. The highest BCUT2D eigenvalue weighted by Crippen LogP contribution is 2.17. The maximum absolute atomic E-state index is 12.9. The van der Waals surface area contributed by atoms with E-state index in [1.807, 2.05) is 37.3 Å². The molecular formula is C18H18FN7OS. The molecule has 3 aromatic rings. The van der Waals surface area contributed by atoms with Gasteiger partial charge < -0.3 is 11.2 Å². The Kier molecular flexibility index (Phi) is 6.22. The van der Waals surface area contributed by atoms with Crippen LogP contribution in [0.1, 0.15) is 12.5 Å². The molecule has 0 fully saturated rings. The zero-order valence-corrected chi connectivity index (χ0v) is 15.8. The second-order valence-corrected chi connectivity index (χ2v) is 6.64. The number of amides is 1. The monoisotopic (exact) mass is 399 g/mol. The summed E-state index contributed by atoms with van der Waals surface area (Å²) in [5, 5.41) is 15.1. The molecule has 0 atom stereocenters. The second-order valence-electron chi connectivity index (χ2n) is 5.69. The summed E-state index contributed by atoms with van der Waals surface area (Å²) in [5.41, 5.74) is 5.00. The molecule has 10 heteroatoms. The average molecular weight is 399 g/mol. The van der Waals surface area contributed by atoms with Crippen LogP contribution in [0.4, 0.5) is 16.0 Å². The first-order valence-electron chi connectivity index (χ1n) is 8.27. The molecule has 0 unspecified atom stereocenters. The van der Waals surface area contributed by atoms with Crippen molar-refractivity contribution in [2.75, 3.05) is 22.3 Å². The van der Waals surface area contributed by atoms with Crippen LogP contribution in [0, 0.1) is 5.82 Å². The molecule has 0 saturated heterocycles. The zero-order valence-electron chi connectivity index (χ0n) is 15.0. The van der Waals surface area contributed by atoms with E-state index in [0.29, 0.717) is 10.8 Å². The summed E-state index contributed by atoms with van der Waals surface area (Å²) in [6, 6.07) is 15.2. The molecule has 2 aromatic carbocycles. The Hall–Kier alpha value is -3.40. The number of hydrazone groups is 1. The van der Waals surface area contributed by atoms with Gasteiger partial charge in [-0.1, -0.05) is 42.1 Å². The average Bonchev–Trinajstić information content (AvgIpc) is 3.06. The summed E-state index contributed by atoms with van der Waals surface area (Å²) in [4.78, 5) is 12.0. The van der Waals surface area contributed by atoms with Crippen molar-refractivity contribution in [3.8, 4) is 0 Å². The number of halogens is 1. The third-order valence-electron chi connectivity index (χ3n) is 3.64. The number of nitrogens with zero attached hydrogens (tertiary/aromatic N) is 4. The molecule has 1 heterocycles. The molecule has 0 aliphatic heterocycles. The molecule has 0 bridgehead atoms. The minimum absolute atomic E-state index is 0.0685. The van der Waals surface area contributed by atoms with Crippen molar-refractivity contribution in [1.29, 1.82) is 0 Å². The van der Waals surface area contributed by atoms with Gasteiger partial charge in [-0.25, -0.2) is 14.5 Å². The van der Waals surface area contributed by atoms with Crippen LogP contribution < -0.4 is 16.6 Å². The molecule has 0 radical (unpaired) electrons. The van der Waals surface area contributed by atoms with E-state index < -0.39 is 0 Å². The van der Waals surface area contributed by atoms with E-state index in [0.717, 1.165) is 23.0 Å². The lowest BCUT2D eigenvalue weighted by atomic mass is 10.1. The van der Waals surface area contributed by atoms with Crippen molar-refractivity contribution in [3.05, 3.63) is 66.0 Å². The van der Waals surface area contributed by atoms with Gasteiger partial charge in [-0.3, -0.25) is 4.79 Å². The number of aromatic nitrogens is 3. The fraction of sp³-hybridized carbons (Fsp3) is 0.111. The Morgan fingerprint density at radius 1 is 1.18 bits per heavy atom. The summed E-state index contributed by atoms with van der Waals surface area (Å²) in [6.07, 6.45) is 0. The third-order valence-corrected chi connectivity index (χ3v) is 4.58. The molecule has 8 nitrogen and oxygen atoms in total. The fourth-order valence-electron chi connectivity index (χ4n) is 2.19. The van der Waals surface area contributed by atoms with Crippen LogP contribution in [0.15, 0.2) is 64.9 Å². The number of thioether (sulfide) groups is 1. The summed E-state index contributed by atoms with van der Waals surface area (Å²) in [5.74, 6) is 5.63. The number of benzene rings is 2. The van der Waals surface area contributed by atoms with Crippen LogP contribution in [-0.2, 0) is 4.79 Å². The normalized spacial score (nSPS) is 11.3. The van der Waals surface area contributed by atoms with Crippen molar-refractivity contribution >= 4 is 35.0 Å². The molecule has 1 aromatic heterocycles. The van der Waals surface area contributed by atoms with Gasteiger partial charge in [0.15, 0.2) is 0 Å². The molecule has 3 rings (SSSR count). The Morgan fingerprint density at radius 3 is 2.61 bits per heavy atom. The minimum atomic E-state index is -0.367. The maximum atomic E-state index is 12.9. The molecule has 0 aliphatic rings. The second kappa shape index (κ2) is 9.00. The number of anilines is 2. The van der Waals surface area contributed by atoms with Crippen molar-refractivity contribution in [3.63, 3.8) is 0 Å². The van der Waals surface area contributed by atoms with Gasteiger partial charge in [0.05, 0.1) is 11.5 Å². The molecule has 0 aliphatic carbocycles. The van der Waals surface area contributed by atoms with Gasteiger partial charge >= 0.3 is 0 Å². The summed E-state index contributed by atoms with van der Waals surface area (Å²) < 4.78 is 14.1. The van der Waals surface area contributed by atoms with Gasteiger partial charge in [-0.2, -0.15) is 5.10 Å². The Balaban J connectivity index is 1.55. The number of carbonyl (C=O) groups is 1. The van der Waals surface area contributed by atoms with Crippen LogP contribution in [0.25, 0.3) is 0 Å². The number of nitrogens with two attached hydrogens (primary N) is 1. The molecule has 28 heavy (non-hydrogen) atoms. The molecule has 1 amide bonds. The predicted octanol–water partition coefficient (Wildman–Crippen LogP) is 2.70. The van der Waals surface area contributed by atoms with Gasteiger partial charge in [0, 0.05) is 5.69 Å². The van der Waals surface area contributed by atoms with Gasteiger partial charge in [0.2, 0.25) is 11.1 Å². The fourth-order valence-corrected chi connectivity index (χ4v) is 2.85. The van der Waals surface area contributed by atoms with Crippen LogP contribution in [0.2, 0.25) is 0 Å². The highest BCUT2D eigenvalue weighted by atomic mass is 32.2. The number of hydrogen-bond acceptors (Lipinski definition) is 7. The summed E-state index contributed by atoms with van der Waals surface area (Å²) >= 11 is 1.12. The van der Waals surface area contributed by atoms with Crippen molar-refractivity contribution in [2.45, 2.75) is 12.1 Å². The van der Waals surface area contributed by atoms with Crippen LogP contribution in [-0.4, -0.2) is 32.2 Å². The van der Waals surface area contributed by atoms with Gasteiger partial charge in [-0.15, -0.1) is 10.2 Å². The first kappa shape index (κ1) is 19.4. The van der Waals surface area contributed by atoms with Gasteiger partial charge in [0.1, 0.15) is 5.82 Å². The quantitative estimate of drug-likeness (QED) is 0.244. The van der Waals surface area contributed by atoms with Crippen LogP contribution >= 0.6 is 11.8 Å². The van der Waals surface area contributed by atoms with Crippen LogP contribution in [0.5, 0.6) is 0 Å². The van der Waals surface area contributed by atoms with E-state index >= 15 is 0 Å². The summed E-state index contributed by atoms with van der Waals surface area (Å²) in [6.45, 7) is 1.86. The minimum Gasteiger partial charge on any atom is -0.334 e. The number of rotatable bonds is 7. The molecule has 144 valence electrons. The largest absolute Gasteiger partial charge is 0.334 e. The van der Waals surface area contributed by atoms with Crippen molar-refractivity contribution in [1.82, 2.24) is 14.9 Å². The van der Waals surface area contributed by atoms with Crippen LogP contribution in [0.3, 0.4) is 0 Å². The van der Waals surface area contributed by atoms with E-state index in [9.17, 15) is 9.18 Å². The van der Waals surface area contributed by atoms with E-state index in [4.69, 9.17) is 5.84 Å². The lowest BCUT2D eigenvalue weighted by Crippen LogP contribution is -2.17. The lowest BCUT2D eigenvalue weighted by Gasteiger charge is -2.05. The van der Waals surface area contributed by atoms with E-state index in [-0.39, 0.29) is 23.4 Å². The Labute approximate surface area is 165 Å². The highest BCUT2D eigenvalue weighted by Gasteiger charge is 2.12. The molecule has 0 saturated carbocycles. The number of hydrogen-bond donors (Lipinski definition) is 3.